The number of primary amides is 1. The zero-order valence-corrected chi connectivity index (χ0v) is 14.5. The number of anilines is 1. The molecule has 2 aromatic rings. The fourth-order valence-corrected chi connectivity index (χ4v) is 4.00. The highest BCUT2D eigenvalue weighted by Crippen LogP contribution is 2.28. The van der Waals surface area contributed by atoms with Gasteiger partial charge in [0, 0.05) is 5.69 Å². The molecule has 0 saturated heterocycles. The summed E-state index contributed by atoms with van der Waals surface area (Å²) in [6.45, 7) is 1.65. The largest absolute Gasteiger partial charge is 0.369 e. The Morgan fingerprint density at radius 1 is 1.26 bits per heavy atom. The van der Waals surface area contributed by atoms with Crippen molar-refractivity contribution in [1.82, 2.24) is 10.2 Å². The van der Waals surface area contributed by atoms with Gasteiger partial charge in [0.1, 0.15) is 5.82 Å². The van der Waals surface area contributed by atoms with Gasteiger partial charge in [-0.2, -0.15) is 0 Å². The molecule has 10 heteroatoms. The highest BCUT2D eigenvalue weighted by molar-refractivity contribution is 8.03. The van der Waals surface area contributed by atoms with Gasteiger partial charge in [-0.1, -0.05) is 40.9 Å². The second-order valence-corrected chi connectivity index (χ2v) is 7.81. The molecule has 3 N–H and O–H groups in total. The van der Waals surface area contributed by atoms with Gasteiger partial charge in [0.25, 0.3) is 0 Å². The van der Waals surface area contributed by atoms with Gasteiger partial charge in [0.05, 0.1) is 11.5 Å². The summed E-state index contributed by atoms with van der Waals surface area (Å²) in [5.41, 5.74) is 5.98. The van der Waals surface area contributed by atoms with Crippen molar-refractivity contribution in [1.29, 1.82) is 0 Å². The number of benzene rings is 1. The number of nitrogens with zero attached hydrogens (tertiary/aromatic N) is 2. The summed E-state index contributed by atoms with van der Waals surface area (Å²) in [5.74, 6) is -0.789. The number of hydrogen-bond donors (Lipinski definition) is 2. The fourth-order valence-electron chi connectivity index (χ4n) is 1.44. The lowest BCUT2D eigenvalue weighted by Gasteiger charge is -2.05. The summed E-state index contributed by atoms with van der Waals surface area (Å²) >= 11 is 3.71. The Hall–Kier alpha value is -1.65. The van der Waals surface area contributed by atoms with Gasteiger partial charge in [0.15, 0.2) is 8.68 Å². The van der Waals surface area contributed by atoms with E-state index in [1.165, 1.54) is 40.9 Å². The topological polar surface area (TPSA) is 98.0 Å². The van der Waals surface area contributed by atoms with E-state index in [2.05, 4.69) is 15.5 Å². The molecule has 6 nitrogen and oxygen atoms in total. The minimum absolute atomic E-state index is 0.130. The zero-order valence-electron chi connectivity index (χ0n) is 12.0. The Labute approximate surface area is 144 Å². The number of thioether (sulfide) groups is 2. The first-order valence-corrected chi connectivity index (χ1v) is 9.16. The summed E-state index contributed by atoms with van der Waals surface area (Å²) in [4.78, 5) is 22.5. The van der Waals surface area contributed by atoms with Crippen molar-refractivity contribution in [3.63, 3.8) is 0 Å². The predicted molar refractivity (Wildman–Crippen MR) is 90.3 cm³/mol. The number of hydrogen-bond acceptors (Lipinski definition) is 7. The van der Waals surface area contributed by atoms with E-state index < -0.39 is 5.91 Å². The molecule has 0 spiro atoms. The molecule has 122 valence electrons. The van der Waals surface area contributed by atoms with Gasteiger partial charge in [-0.05, 0) is 24.6 Å². The smallest absolute Gasteiger partial charge is 0.234 e. The van der Waals surface area contributed by atoms with Gasteiger partial charge < -0.3 is 11.1 Å². The molecule has 0 bridgehead atoms. The van der Waals surface area contributed by atoms with E-state index in [9.17, 15) is 14.0 Å². The van der Waals surface area contributed by atoms with Crippen molar-refractivity contribution in [2.24, 2.45) is 5.73 Å². The maximum absolute atomic E-state index is 13.4. The Balaban J connectivity index is 1.82. The third-order valence-corrected chi connectivity index (χ3v) is 5.72. The molecule has 0 aliphatic carbocycles. The molecule has 2 amide bonds. The summed E-state index contributed by atoms with van der Waals surface area (Å²) in [7, 11) is 0. The third kappa shape index (κ3) is 5.81. The van der Waals surface area contributed by atoms with Crippen LogP contribution >= 0.6 is 34.9 Å². The van der Waals surface area contributed by atoms with Crippen molar-refractivity contribution >= 4 is 52.4 Å². The number of rotatable bonds is 7. The van der Waals surface area contributed by atoms with E-state index in [0.29, 0.717) is 19.9 Å². The first kappa shape index (κ1) is 17.7. The van der Waals surface area contributed by atoms with Crippen molar-refractivity contribution in [2.75, 3.05) is 16.8 Å². The zero-order chi connectivity index (χ0) is 16.8. The molecule has 0 radical (unpaired) electrons. The lowest BCUT2D eigenvalue weighted by Crippen LogP contribution is -2.14. The SMILES string of the molecule is Cc1ccc(NC(=O)CSc2nnc(SCC(N)=O)s2)cc1F. The molecule has 1 aromatic carbocycles. The van der Waals surface area contributed by atoms with Gasteiger partial charge >= 0.3 is 0 Å². The third-order valence-electron chi connectivity index (χ3n) is 2.51. The van der Waals surface area contributed by atoms with E-state index in [4.69, 9.17) is 5.73 Å². The van der Waals surface area contributed by atoms with Crippen molar-refractivity contribution in [2.45, 2.75) is 15.6 Å². The summed E-state index contributed by atoms with van der Waals surface area (Å²) in [6.07, 6.45) is 0. The highest BCUT2D eigenvalue weighted by Gasteiger charge is 2.10. The van der Waals surface area contributed by atoms with E-state index in [0.717, 1.165) is 0 Å². The van der Waals surface area contributed by atoms with Crippen molar-refractivity contribution < 1.29 is 14.0 Å². The Bertz CT molecular complexity index is 723. The minimum atomic E-state index is -0.427. The Morgan fingerprint density at radius 3 is 2.52 bits per heavy atom. The Morgan fingerprint density at radius 2 is 1.91 bits per heavy atom. The number of carbonyl (C=O) groups excluding carboxylic acids is 2. The predicted octanol–water partition coefficient (Wildman–Crippen LogP) is 2.29. The van der Waals surface area contributed by atoms with Crippen LogP contribution in [0.1, 0.15) is 5.56 Å². The van der Waals surface area contributed by atoms with Crippen LogP contribution in [-0.4, -0.2) is 33.5 Å². The second-order valence-electron chi connectivity index (χ2n) is 4.39. The second kappa shape index (κ2) is 8.27. The van der Waals surface area contributed by atoms with Gasteiger partial charge in [-0.3, -0.25) is 9.59 Å². The normalized spacial score (nSPS) is 10.5. The highest BCUT2D eigenvalue weighted by atomic mass is 32.2. The van der Waals surface area contributed by atoms with Crippen LogP contribution in [0.3, 0.4) is 0 Å². The van der Waals surface area contributed by atoms with Crippen LogP contribution in [0.15, 0.2) is 26.9 Å². The summed E-state index contributed by atoms with van der Waals surface area (Å²) < 4.78 is 14.6. The molecule has 0 unspecified atom stereocenters. The molecule has 23 heavy (non-hydrogen) atoms. The molecule has 0 aliphatic rings. The van der Waals surface area contributed by atoms with Crippen LogP contribution in [-0.2, 0) is 9.59 Å². The van der Waals surface area contributed by atoms with Crippen LogP contribution in [0.5, 0.6) is 0 Å². The molecule has 0 aliphatic heterocycles. The average Bonchev–Trinajstić information content (AvgIpc) is 2.95. The van der Waals surface area contributed by atoms with E-state index in [-0.39, 0.29) is 23.2 Å². The number of aromatic nitrogens is 2. The number of nitrogens with one attached hydrogen (secondary N) is 1. The Kier molecular flexibility index (Phi) is 6.37. The molecule has 0 atom stereocenters. The lowest BCUT2D eigenvalue weighted by molar-refractivity contribution is -0.115. The number of halogens is 1. The maximum atomic E-state index is 13.4. The molecular weight excluding hydrogens is 359 g/mol. The van der Waals surface area contributed by atoms with Crippen molar-refractivity contribution in [3.05, 3.63) is 29.6 Å². The van der Waals surface area contributed by atoms with Crippen LogP contribution in [0.4, 0.5) is 10.1 Å². The van der Waals surface area contributed by atoms with Crippen LogP contribution in [0, 0.1) is 12.7 Å². The average molecular weight is 372 g/mol. The first-order chi connectivity index (χ1) is 10.9. The fraction of sp³-hybridized carbons (Fsp3) is 0.231. The summed E-state index contributed by atoms with van der Waals surface area (Å²) in [6, 6.07) is 4.52. The standard InChI is InChI=1S/C13H13FN4O2S3/c1-7-2-3-8(4-9(7)14)16-11(20)6-22-13-18-17-12(23-13)21-5-10(15)19/h2-4H,5-6H2,1H3,(H2,15,19)(H,16,20). The van der Waals surface area contributed by atoms with Gasteiger partial charge in [-0.15, -0.1) is 10.2 Å². The van der Waals surface area contributed by atoms with Crippen LogP contribution in [0.2, 0.25) is 0 Å². The number of nitrogens with two attached hydrogens (primary N) is 1. The molecule has 1 heterocycles. The monoisotopic (exact) mass is 372 g/mol. The van der Waals surface area contributed by atoms with E-state index >= 15 is 0 Å². The van der Waals surface area contributed by atoms with E-state index in [1.54, 1.807) is 19.1 Å². The number of aryl methyl sites for hydroxylation is 1. The van der Waals surface area contributed by atoms with Gasteiger partial charge in [0.2, 0.25) is 11.8 Å². The lowest BCUT2D eigenvalue weighted by atomic mass is 10.2. The van der Waals surface area contributed by atoms with Crippen molar-refractivity contribution in [3.8, 4) is 0 Å². The first-order valence-electron chi connectivity index (χ1n) is 6.37. The quantitative estimate of drug-likeness (QED) is 0.724. The molecule has 2 rings (SSSR count). The molecule has 1 aromatic heterocycles. The number of carbonyl (C=O) groups is 2. The van der Waals surface area contributed by atoms with Crippen LogP contribution < -0.4 is 11.1 Å². The van der Waals surface area contributed by atoms with E-state index in [1.807, 2.05) is 0 Å². The van der Waals surface area contributed by atoms with Gasteiger partial charge in [-0.25, -0.2) is 4.39 Å². The number of amides is 2. The molecular formula is C13H13FN4O2S3. The minimum Gasteiger partial charge on any atom is -0.369 e. The van der Waals surface area contributed by atoms with Crippen LogP contribution in [0.25, 0.3) is 0 Å². The maximum Gasteiger partial charge on any atom is 0.234 e. The molecule has 0 saturated carbocycles. The molecule has 0 fully saturated rings. The summed E-state index contributed by atoms with van der Waals surface area (Å²) in [5, 5.41) is 10.4.